The van der Waals surface area contributed by atoms with Crippen molar-refractivity contribution in [3.05, 3.63) is 96.1 Å². The number of hydrogen-bond acceptors (Lipinski definition) is 11. The third kappa shape index (κ3) is 6.75. The predicted octanol–water partition coefficient (Wildman–Crippen LogP) is 7.20. The summed E-state index contributed by atoms with van der Waals surface area (Å²) in [7, 11) is -8.84. The molecule has 0 fully saturated rings. The quantitative estimate of drug-likeness (QED) is 0.0657. The van der Waals surface area contributed by atoms with E-state index in [2.05, 4.69) is 25.2 Å². The molecule has 0 spiro atoms. The molecule has 0 saturated heterocycles. The van der Waals surface area contributed by atoms with E-state index in [1.807, 2.05) is 19.1 Å². The molecule has 0 amide bonds. The fraction of sp³-hybridized carbons (Fsp3) is 0.0667. The summed E-state index contributed by atoms with van der Waals surface area (Å²) in [5.74, 6) is -0.667. The number of fused-ring (bicyclic) bond motifs is 1. The van der Waals surface area contributed by atoms with Crippen molar-refractivity contribution >= 4 is 70.7 Å². The minimum absolute atomic E-state index is 0.000128. The maximum atomic E-state index is 12.8. The zero-order valence-corrected chi connectivity index (χ0v) is 25.5. The van der Waals surface area contributed by atoms with Gasteiger partial charge >= 0.3 is 0 Å². The van der Waals surface area contributed by atoms with Gasteiger partial charge in [-0.3, -0.25) is 9.27 Å². The van der Waals surface area contributed by atoms with Gasteiger partial charge in [0, 0.05) is 11.4 Å². The number of sulfonamides is 1. The lowest BCUT2D eigenvalue weighted by atomic mass is 10.0. The average Bonchev–Trinajstić information content (AvgIpc) is 2.98. The van der Waals surface area contributed by atoms with E-state index in [4.69, 9.17) is 11.5 Å². The van der Waals surface area contributed by atoms with Crippen molar-refractivity contribution in [2.45, 2.75) is 23.6 Å². The number of aryl methyl sites for hydroxylation is 2. The number of azo groups is 2. The molecule has 5 rings (SSSR count). The fourth-order valence-corrected chi connectivity index (χ4v) is 6.11. The summed E-state index contributed by atoms with van der Waals surface area (Å²) in [4.78, 5) is -0.795. The van der Waals surface area contributed by atoms with Crippen LogP contribution in [0.3, 0.4) is 0 Å². The van der Waals surface area contributed by atoms with Crippen LogP contribution >= 0.6 is 0 Å². The number of nitrogens with one attached hydrogen (secondary N) is 1. The molecule has 0 aliphatic carbocycles. The van der Waals surface area contributed by atoms with E-state index in [-0.39, 0.29) is 32.7 Å². The van der Waals surface area contributed by atoms with E-state index in [9.17, 15) is 26.5 Å². The van der Waals surface area contributed by atoms with E-state index in [1.54, 1.807) is 37.3 Å². The molecule has 13 nitrogen and oxygen atoms in total. The maximum absolute atomic E-state index is 12.8. The summed E-state index contributed by atoms with van der Waals surface area (Å²) in [6.07, 6.45) is 0. The van der Waals surface area contributed by atoms with Crippen molar-refractivity contribution < 1.29 is 26.5 Å². The molecule has 0 radical (unpaired) electrons. The van der Waals surface area contributed by atoms with E-state index in [0.717, 1.165) is 11.6 Å². The molecule has 5 aromatic rings. The Hall–Kier alpha value is -5.38. The Labute approximate surface area is 258 Å². The van der Waals surface area contributed by atoms with Gasteiger partial charge in [-0.1, -0.05) is 17.7 Å². The highest BCUT2D eigenvalue weighted by Crippen LogP contribution is 2.47. The van der Waals surface area contributed by atoms with Crippen molar-refractivity contribution in [3.63, 3.8) is 0 Å². The summed E-state index contributed by atoms with van der Waals surface area (Å²) in [5.41, 5.74) is 14.8. The molecule has 0 atom stereocenters. The smallest absolute Gasteiger partial charge is 0.296 e. The molecule has 0 bridgehead atoms. The second-order valence-corrected chi connectivity index (χ2v) is 13.1. The SMILES string of the molecule is Cc1ccc(N=Nc2c(C)cc3cc(S(=O)(=O)O)c(N=Nc4ccc(S(=O)(=O)Nc5ccc(N)cc5)cc4)c(O)c3c2N)cc1. The van der Waals surface area contributed by atoms with Gasteiger partial charge in [-0.25, -0.2) is 8.42 Å². The third-order valence-electron chi connectivity index (χ3n) is 6.69. The van der Waals surface area contributed by atoms with Gasteiger partial charge in [-0.15, -0.1) is 10.2 Å². The highest BCUT2D eigenvalue weighted by atomic mass is 32.2. The van der Waals surface area contributed by atoms with Gasteiger partial charge < -0.3 is 16.6 Å². The van der Waals surface area contributed by atoms with E-state index >= 15 is 0 Å². The van der Waals surface area contributed by atoms with Crippen molar-refractivity contribution in [2.75, 3.05) is 16.2 Å². The molecule has 0 aliphatic rings. The molecule has 15 heteroatoms. The first-order valence-electron chi connectivity index (χ1n) is 13.2. The van der Waals surface area contributed by atoms with Gasteiger partial charge in [0.05, 0.1) is 27.3 Å². The number of nitrogens with two attached hydrogens (primary N) is 2. The van der Waals surface area contributed by atoms with Crippen LogP contribution in [0.15, 0.2) is 115 Å². The standard InChI is InChI=1S/C30H27N7O6S2/c1-17-3-7-21(8-4-17)33-35-28-18(2)15-19-16-25(45(41,42)43)29(30(38)26(19)27(28)32)36-34-22-11-13-24(14-12-22)44(39,40)37-23-9-5-20(31)6-10-23/h3-16,37-38H,31-32H2,1-2H3,(H,41,42,43). The molecule has 5 aromatic carbocycles. The Morgan fingerprint density at radius 3 is 1.84 bits per heavy atom. The number of phenolic OH excluding ortho intramolecular Hbond substituents is 1. The first-order chi connectivity index (χ1) is 21.2. The third-order valence-corrected chi connectivity index (χ3v) is 8.96. The number of benzene rings is 5. The van der Waals surface area contributed by atoms with Crippen LogP contribution in [0.5, 0.6) is 5.75 Å². The van der Waals surface area contributed by atoms with Crippen LogP contribution in [-0.2, 0) is 20.1 Å². The highest BCUT2D eigenvalue weighted by Gasteiger charge is 2.25. The summed E-state index contributed by atoms with van der Waals surface area (Å²) < 4.78 is 62.5. The molecule has 0 heterocycles. The molecule has 0 aliphatic heterocycles. The summed E-state index contributed by atoms with van der Waals surface area (Å²) in [6.45, 7) is 3.62. The van der Waals surface area contributed by atoms with Crippen molar-refractivity contribution in [3.8, 4) is 5.75 Å². The molecule has 7 N–H and O–H groups in total. The number of anilines is 3. The van der Waals surface area contributed by atoms with Crippen LogP contribution in [0.2, 0.25) is 0 Å². The summed E-state index contributed by atoms with van der Waals surface area (Å²) in [6, 6.07) is 21.3. The van der Waals surface area contributed by atoms with E-state index in [0.29, 0.717) is 22.6 Å². The van der Waals surface area contributed by atoms with Crippen LogP contribution in [0, 0.1) is 13.8 Å². The average molecular weight is 646 g/mol. The number of aromatic hydroxyl groups is 1. The second-order valence-electron chi connectivity index (χ2n) is 10.1. The zero-order valence-electron chi connectivity index (χ0n) is 23.9. The highest BCUT2D eigenvalue weighted by molar-refractivity contribution is 7.92. The molecular formula is C30H27N7O6S2. The Morgan fingerprint density at radius 1 is 0.711 bits per heavy atom. The number of nitrogens with zero attached hydrogens (tertiary/aromatic N) is 4. The van der Waals surface area contributed by atoms with Gasteiger partial charge in [0.1, 0.15) is 16.3 Å². The number of rotatable bonds is 8. The van der Waals surface area contributed by atoms with Gasteiger partial charge in [0.15, 0.2) is 5.75 Å². The van der Waals surface area contributed by atoms with Crippen LogP contribution in [0.4, 0.5) is 39.8 Å². The summed E-state index contributed by atoms with van der Waals surface area (Å²) >= 11 is 0. The van der Waals surface area contributed by atoms with Crippen molar-refractivity contribution in [2.24, 2.45) is 20.5 Å². The first-order valence-corrected chi connectivity index (χ1v) is 16.1. The topological polar surface area (TPSA) is 222 Å². The molecule has 45 heavy (non-hydrogen) atoms. The minimum Gasteiger partial charge on any atom is -0.505 e. The van der Waals surface area contributed by atoms with Gasteiger partial charge in [-0.05, 0) is 97.6 Å². The normalized spacial score (nSPS) is 12.3. The van der Waals surface area contributed by atoms with Crippen LogP contribution in [0.25, 0.3) is 10.8 Å². The van der Waals surface area contributed by atoms with Crippen LogP contribution in [0.1, 0.15) is 11.1 Å². The fourth-order valence-electron chi connectivity index (χ4n) is 4.39. The monoisotopic (exact) mass is 645 g/mol. The molecule has 230 valence electrons. The van der Waals surface area contributed by atoms with Crippen molar-refractivity contribution in [1.29, 1.82) is 0 Å². The lowest BCUT2D eigenvalue weighted by Gasteiger charge is -2.13. The zero-order chi connectivity index (χ0) is 32.5. The molecule has 0 aromatic heterocycles. The maximum Gasteiger partial charge on any atom is 0.296 e. The number of phenols is 1. The Balaban J connectivity index is 1.52. The first kappa shape index (κ1) is 31.1. The lowest BCUT2D eigenvalue weighted by Crippen LogP contribution is -2.12. The molecular weight excluding hydrogens is 619 g/mol. The van der Waals surface area contributed by atoms with E-state index < -0.39 is 36.5 Å². The Bertz CT molecular complexity index is 2200. The van der Waals surface area contributed by atoms with Crippen molar-refractivity contribution in [1.82, 2.24) is 0 Å². The Morgan fingerprint density at radius 2 is 1.27 bits per heavy atom. The number of hydrogen-bond donors (Lipinski definition) is 5. The summed E-state index contributed by atoms with van der Waals surface area (Å²) in [5, 5.41) is 27.8. The number of nitrogen functional groups attached to an aromatic ring is 2. The largest absolute Gasteiger partial charge is 0.505 e. The lowest BCUT2D eigenvalue weighted by molar-refractivity contribution is 0.472. The molecule has 0 unspecified atom stereocenters. The van der Waals surface area contributed by atoms with E-state index in [1.165, 1.54) is 36.4 Å². The van der Waals surface area contributed by atoms with Gasteiger partial charge in [-0.2, -0.15) is 18.6 Å². The predicted molar refractivity (Wildman–Crippen MR) is 172 cm³/mol. The van der Waals surface area contributed by atoms with Crippen LogP contribution < -0.4 is 16.2 Å². The van der Waals surface area contributed by atoms with Gasteiger partial charge in [0.25, 0.3) is 20.1 Å². The van der Waals surface area contributed by atoms with Crippen LogP contribution in [-0.4, -0.2) is 26.5 Å². The Kier molecular flexibility index (Phi) is 8.25. The second kappa shape index (κ2) is 12.0. The molecule has 0 saturated carbocycles. The van der Waals surface area contributed by atoms with Gasteiger partial charge in [0.2, 0.25) is 0 Å². The minimum atomic E-state index is -4.89.